The lowest BCUT2D eigenvalue weighted by atomic mass is 9.97. The summed E-state index contributed by atoms with van der Waals surface area (Å²) in [7, 11) is 0.548. The Hall–Kier alpha value is -2.28. The molecular formula is C27H32ClN3O6S2. The van der Waals surface area contributed by atoms with E-state index in [4.69, 9.17) is 35.2 Å². The number of aromatic nitrogens is 2. The third kappa shape index (κ3) is 8.86. The van der Waals surface area contributed by atoms with Crippen molar-refractivity contribution >= 4 is 40.1 Å². The van der Waals surface area contributed by atoms with E-state index in [1.807, 2.05) is 30.3 Å². The van der Waals surface area contributed by atoms with Crippen LogP contribution < -0.4 is 0 Å². The van der Waals surface area contributed by atoms with Gasteiger partial charge >= 0.3 is 5.97 Å². The molecule has 1 saturated heterocycles. The number of halogens is 1. The maximum absolute atomic E-state index is 12.2. The number of hydrogen-bond acceptors (Lipinski definition) is 10. The van der Waals surface area contributed by atoms with Crippen molar-refractivity contribution in [3.05, 3.63) is 53.5 Å². The molecule has 1 aliphatic heterocycles. The highest BCUT2D eigenvalue weighted by Crippen LogP contribution is 2.39. The number of pyridine rings is 1. The molecule has 4 rings (SSSR count). The van der Waals surface area contributed by atoms with Gasteiger partial charge in [-0.25, -0.2) is 9.97 Å². The van der Waals surface area contributed by atoms with Gasteiger partial charge in [0.25, 0.3) is 0 Å². The second-order valence-corrected chi connectivity index (χ2v) is 11.8. The van der Waals surface area contributed by atoms with Gasteiger partial charge in [0.2, 0.25) is 0 Å². The minimum absolute atomic E-state index is 0.125. The van der Waals surface area contributed by atoms with E-state index in [0.717, 1.165) is 47.1 Å². The van der Waals surface area contributed by atoms with Gasteiger partial charge < -0.3 is 18.6 Å². The van der Waals surface area contributed by atoms with E-state index in [0.29, 0.717) is 35.8 Å². The minimum Gasteiger partial charge on any atom is -0.462 e. The van der Waals surface area contributed by atoms with Crippen molar-refractivity contribution in [1.29, 1.82) is 0 Å². The molecule has 0 N–H and O–H groups in total. The number of hydrogen-bond donors (Lipinski definition) is 0. The predicted molar refractivity (Wildman–Crippen MR) is 150 cm³/mol. The number of oxazole rings is 1. The summed E-state index contributed by atoms with van der Waals surface area (Å²) < 4.78 is 33.7. The lowest BCUT2D eigenvalue weighted by Gasteiger charge is -2.29. The molecular weight excluding hydrogens is 562 g/mol. The van der Waals surface area contributed by atoms with Crippen molar-refractivity contribution in [3.63, 3.8) is 0 Å². The molecule has 0 bridgehead atoms. The SMILES string of the molecule is COCCOCCOC(=O)CN1CCC(c2nc(-c3ccc(S(C)=O)cc3)c(Sc3ccc(Cl)cn3)o2)CC1. The van der Waals surface area contributed by atoms with Crippen molar-refractivity contribution in [2.75, 3.05) is 59.4 Å². The lowest BCUT2D eigenvalue weighted by Crippen LogP contribution is -2.37. The van der Waals surface area contributed by atoms with Crippen LogP contribution in [-0.2, 0) is 29.8 Å². The van der Waals surface area contributed by atoms with Crippen LogP contribution in [0.15, 0.2) is 62.0 Å². The van der Waals surface area contributed by atoms with Gasteiger partial charge in [-0.1, -0.05) is 23.7 Å². The molecule has 0 aliphatic carbocycles. The van der Waals surface area contributed by atoms with Gasteiger partial charge in [-0.15, -0.1) is 0 Å². The average Bonchev–Trinajstić information content (AvgIpc) is 3.36. The van der Waals surface area contributed by atoms with Gasteiger partial charge in [-0.05, 0) is 62.0 Å². The third-order valence-corrected chi connectivity index (χ3v) is 8.25. The molecule has 210 valence electrons. The van der Waals surface area contributed by atoms with E-state index in [9.17, 15) is 9.00 Å². The topological polar surface area (TPSA) is 104 Å². The summed E-state index contributed by atoms with van der Waals surface area (Å²) in [6.07, 6.45) is 4.87. The molecule has 1 unspecified atom stereocenters. The molecule has 0 radical (unpaired) electrons. The number of carbonyl (C=O) groups excluding carboxylic acids is 1. The summed E-state index contributed by atoms with van der Waals surface area (Å²) >= 11 is 7.39. The van der Waals surface area contributed by atoms with Gasteiger partial charge in [0, 0.05) is 46.7 Å². The van der Waals surface area contributed by atoms with Crippen LogP contribution in [0.25, 0.3) is 11.3 Å². The summed E-state index contributed by atoms with van der Waals surface area (Å²) in [6, 6.07) is 11.1. The fourth-order valence-electron chi connectivity index (χ4n) is 4.10. The molecule has 0 spiro atoms. The van der Waals surface area contributed by atoms with E-state index in [1.165, 1.54) is 11.8 Å². The maximum Gasteiger partial charge on any atom is 0.320 e. The molecule has 2 aromatic heterocycles. The minimum atomic E-state index is -1.06. The fourth-order valence-corrected chi connectivity index (χ4v) is 5.55. The second kappa shape index (κ2) is 14.9. The maximum atomic E-state index is 12.2. The summed E-state index contributed by atoms with van der Waals surface area (Å²) in [6.45, 7) is 3.30. The second-order valence-electron chi connectivity index (χ2n) is 8.96. The Morgan fingerprint density at radius 3 is 2.54 bits per heavy atom. The number of ether oxygens (including phenoxy) is 3. The van der Waals surface area contributed by atoms with Crippen LogP contribution in [0.2, 0.25) is 5.02 Å². The molecule has 39 heavy (non-hydrogen) atoms. The number of rotatable bonds is 13. The van der Waals surface area contributed by atoms with Gasteiger partial charge in [0.15, 0.2) is 11.0 Å². The Kier molecular flexibility index (Phi) is 11.4. The molecule has 12 heteroatoms. The molecule has 9 nitrogen and oxygen atoms in total. The average molecular weight is 594 g/mol. The number of benzene rings is 1. The first-order chi connectivity index (χ1) is 18.9. The quantitative estimate of drug-likeness (QED) is 0.205. The molecule has 3 aromatic rings. The van der Waals surface area contributed by atoms with Crippen molar-refractivity contribution < 1.29 is 27.6 Å². The number of likely N-dealkylation sites (tertiary alicyclic amines) is 1. The van der Waals surface area contributed by atoms with Crippen LogP contribution in [0.1, 0.15) is 24.7 Å². The highest BCUT2D eigenvalue weighted by molar-refractivity contribution is 7.99. The van der Waals surface area contributed by atoms with E-state index in [-0.39, 0.29) is 25.0 Å². The van der Waals surface area contributed by atoms with E-state index in [1.54, 1.807) is 25.6 Å². The van der Waals surface area contributed by atoms with E-state index < -0.39 is 10.8 Å². The van der Waals surface area contributed by atoms with Crippen LogP contribution >= 0.6 is 23.4 Å². The number of nitrogens with zero attached hydrogens (tertiary/aromatic N) is 3. The molecule has 1 fully saturated rings. The summed E-state index contributed by atoms with van der Waals surface area (Å²) in [5.41, 5.74) is 1.60. The van der Waals surface area contributed by atoms with Gasteiger partial charge in [0.05, 0.1) is 31.4 Å². The first-order valence-electron chi connectivity index (χ1n) is 12.6. The molecule has 0 saturated carbocycles. The Balaban J connectivity index is 1.39. The lowest BCUT2D eigenvalue weighted by molar-refractivity contribution is -0.146. The van der Waals surface area contributed by atoms with Crippen LogP contribution in [0.4, 0.5) is 0 Å². The Morgan fingerprint density at radius 2 is 1.87 bits per heavy atom. The molecule has 3 heterocycles. The largest absolute Gasteiger partial charge is 0.462 e. The summed E-state index contributed by atoms with van der Waals surface area (Å²) in [4.78, 5) is 24.3. The van der Waals surface area contributed by atoms with Crippen LogP contribution in [0.5, 0.6) is 0 Å². The summed E-state index contributed by atoms with van der Waals surface area (Å²) in [5.74, 6) is 0.535. The van der Waals surface area contributed by atoms with Crippen molar-refractivity contribution in [3.8, 4) is 11.3 Å². The third-order valence-electron chi connectivity index (χ3n) is 6.18. The number of piperidine rings is 1. The number of methoxy groups -OCH3 is 1. The van der Waals surface area contributed by atoms with Gasteiger partial charge in [-0.2, -0.15) is 0 Å². The smallest absolute Gasteiger partial charge is 0.320 e. The normalized spacial score (nSPS) is 15.4. The molecule has 1 aromatic carbocycles. The van der Waals surface area contributed by atoms with Crippen molar-refractivity contribution in [2.45, 2.75) is 33.8 Å². The van der Waals surface area contributed by atoms with Gasteiger partial charge in [-0.3, -0.25) is 13.9 Å². The standard InChI is InChI=1S/C27H32ClN3O6S2/c1-34-13-14-35-15-16-36-24(32)18-31-11-9-20(10-12-31)26-30-25(19-3-6-22(7-4-19)39(2)33)27(37-26)38-23-8-5-21(28)17-29-23/h3-8,17,20H,9-16,18H2,1-2H3. The van der Waals surface area contributed by atoms with Crippen molar-refractivity contribution in [1.82, 2.24) is 14.9 Å². The zero-order chi connectivity index (χ0) is 27.6. The Bertz CT molecular complexity index is 1230. The molecule has 1 atom stereocenters. The van der Waals surface area contributed by atoms with Crippen LogP contribution in [0.3, 0.4) is 0 Å². The molecule has 1 aliphatic rings. The predicted octanol–water partition coefficient (Wildman–Crippen LogP) is 4.66. The highest BCUT2D eigenvalue weighted by atomic mass is 35.5. The number of esters is 1. The molecule has 0 amide bonds. The number of carbonyl (C=O) groups is 1. The van der Waals surface area contributed by atoms with Crippen LogP contribution in [0, 0.1) is 0 Å². The Labute approximate surface area is 240 Å². The first-order valence-corrected chi connectivity index (χ1v) is 15.4. The van der Waals surface area contributed by atoms with Crippen molar-refractivity contribution in [2.24, 2.45) is 0 Å². The monoisotopic (exact) mass is 593 g/mol. The summed E-state index contributed by atoms with van der Waals surface area (Å²) in [5, 5.41) is 1.95. The van der Waals surface area contributed by atoms with Gasteiger partial charge in [0.1, 0.15) is 17.3 Å². The van der Waals surface area contributed by atoms with E-state index in [2.05, 4.69) is 9.88 Å². The first kappa shape index (κ1) is 29.7. The fraction of sp³-hybridized carbons (Fsp3) is 0.444. The zero-order valence-corrected chi connectivity index (χ0v) is 24.4. The highest BCUT2D eigenvalue weighted by Gasteiger charge is 2.28. The Morgan fingerprint density at radius 1 is 1.13 bits per heavy atom. The zero-order valence-electron chi connectivity index (χ0n) is 22.0. The van der Waals surface area contributed by atoms with Crippen LogP contribution in [-0.4, -0.2) is 84.5 Å². The van der Waals surface area contributed by atoms with E-state index >= 15 is 0 Å².